The highest BCUT2D eigenvalue weighted by Gasteiger charge is 2.45. The summed E-state index contributed by atoms with van der Waals surface area (Å²) in [4.78, 5) is 2.45. The van der Waals surface area contributed by atoms with Crippen LogP contribution in [-0.2, 0) is 10.8 Å². The Bertz CT molecular complexity index is 2190. The zero-order valence-corrected chi connectivity index (χ0v) is 28.9. The lowest BCUT2D eigenvalue weighted by molar-refractivity contribution is 0.644. The third-order valence-corrected chi connectivity index (χ3v) is 10.7. The molecule has 0 bridgehead atoms. The van der Waals surface area contributed by atoms with Crippen molar-refractivity contribution in [3.05, 3.63) is 197 Å². The van der Waals surface area contributed by atoms with Crippen LogP contribution in [0.5, 0.6) is 0 Å². The SMILES string of the molecule is CC1(C)C(/C=C/C2=C(c3ccccc3)C(=C/C=C3/N(c4ccccc4)c4ccccc4C3(C)C)/CC2)=[N+](c2ccccc2)c2ccccc21. The predicted molar refractivity (Wildman–Crippen MR) is 208 cm³/mol. The van der Waals surface area contributed by atoms with Crippen molar-refractivity contribution in [1.82, 2.24) is 4.58 Å². The topological polar surface area (TPSA) is 6.25 Å². The van der Waals surface area contributed by atoms with Crippen LogP contribution in [0.3, 0.4) is 0 Å². The van der Waals surface area contributed by atoms with Gasteiger partial charge in [-0.05, 0) is 78.8 Å². The van der Waals surface area contributed by atoms with E-state index in [0.29, 0.717) is 0 Å². The molecule has 0 fully saturated rings. The molecule has 0 amide bonds. The monoisotopic (exact) mass is 635 g/mol. The van der Waals surface area contributed by atoms with Gasteiger partial charge in [-0.15, -0.1) is 0 Å². The first-order valence-electron chi connectivity index (χ1n) is 17.5. The quantitative estimate of drug-likeness (QED) is 0.168. The number of hydrogen-bond donors (Lipinski definition) is 0. The summed E-state index contributed by atoms with van der Waals surface area (Å²) in [7, 11) is 0. The fraction of sp³-hybridized carbons (Fsp3) is 0.170. The summed E-state index contributed by atoms with van der Waals surface area (Å²) in [6.07, 6.45) is 11.6. The van der Waals surface area contributed by atoms with Crippen molar-refractivity contribution in [2.24, 2.45) is 0 Å². The summed E-state index contributed by atoms with van der Waals surface area (Å²) < 4.78 is 2.45. The van der Waals surface area contributed by atoms with Crippen molar-refractivity contribution in [2.45, 2.75) is 51.4 Å². The molecule has 5 aromatic carbocycles. The largest absolute Gasteiger partial charge is 0.313 e. The van der Waals surface area contributed by atoms with E-state index < -0.39 is 0 Å². The Kier molecular flexibility index (Phi) is 7.68. The molecule has 240 valence electrons. The number of nitrogens with zero attached hydrogens (tertiary/aromatic N) is 2. The summed E-state index contributed by atoms with van der Waals surface area (Å²) in [5.41, 5.74) is 15.3. The second-order valence-electron chi connectivity index (χ2n) is 14.4. The number of para-hydroxylation sites is 4. The van der Waals surface area contributed by atoms with Crippen LogP contribution in [0.25, 0.3) is 5.57 Å². The van der Waals surface area contributed by atoms with Gasteiger partial charge in [0.25, 0.3) is 0 Å². The minimum Gasteiger partial charge on any atom is -0.313 e. The van der Waals surface area contributed by atoms with E-state index in [-0.39, 0.29) is 10.8 Å². The first-order chi connectivity index (χ1) is 23.9. The zero-order chi connectivity index (χ0) is 33.6. The summed E-state index contributed by atoms with van der Waals surface area (Å²) in [6, 6.07) is 50.2. The molecule has 2 heteroatoms. The Morgan fingerprint density at radius 3 is 1.92 bits per heavy atom. The molecule has 0 spiro atoms. The van der Waals surface area contributed by atoms with E-state index >= 15 is 0 Å². The van der Waals surface area contributed by atoms with Crippen LogP contribution in [-0.4, -0.2) is 5.71 Å². The molecule has 2 aliphatic heterocycles. The number of hydrogen-bond acceptors (Lipinski definition) is 1. The van der Waals surface area contributed by atoms with Gasteiger partial charge >= 0.3 is 0 Å². The highest BCUT2D eigenvalue weighted by molar-refractivity contribution is 6.10. The normalized spacial score (nSPS) is 19.4. The lowest BCUT2D eigenvalue weighted by Gasteiger charge is -2.27. The van der Waals surface area contributed by atoms with E-state index in [4.69, 9.17) is 0 Å². The van der Waals surface area contributed by atoms with Gasteiger partial charge in [-0.1, -0.05) is 129 Å². The maximum atomic E-state index is 2.45. The van der Waals surface area contributed by atoms with Gasteiger partial charge in [0.1, 0.15) is 0 Å². The molecule has 0 saturated heterocycles. The van der Waals surface area contributed by atoms with Crippen molar-refractivity contribution in [3.63, 3.8) is 0 Å². The van der Waals surface area contributed by atoms with E-state index in [1.807, 2.05) is 0 Å². The Morgan fingerprint density at radius 2 is 1.18 bits per heavy atom. The van der Waals surface area contributed by atoms with Gasteiger partial charge in [0.2, 0.25) is 11.4 Å². The van der Waals surface area contributed by atoms with E-state index in [1.54, 1.807) is 0 Å². The fourth-order valence-electron chi connectivity index (χ4n) is 8.16. The number of rotatable bonds is 6. The fourth-order valence-corrected chi connectivity index (χ4v) is 8.16. The van der Waals surface area contributed by atoms with E-state index in [2.05, 4.69) is 201 Å². The minimum absolute atomic E-state index is 0.137. The van der Waals surface area contributed by atoms with E-state index in [9.17, 15) is 0 Å². The van der Waals surface area contributed by atoms with Crippen LogP contribution < -0.4 is 9.48 Å². The first-order valence-corrected chi connectivity index (χ1v) is 17.5. The van der Waals surface area contributed by atoms with Gasteiger partial charge in [0.05, 0.1) is 5.41 Å². The van der Waals surface area contributed by atoms with Gasteiger partial charge in [0, 0.05) is 52.3 Å². The molecule has 2 nitrogen and oxygen atoms in total. The van der Waals surface area contributed by atoms with Gasteiger partial charge in [-0.25, -0.2) is 0 Å². The molecule has 49 heavy (non-hydrogen) atoms. The molecule has 0 unspecified atom stereocenters. The van der Waals surface area contributed by atoms with Crippen molar-refractivity contribution < 1.29 is 0 Å². The molecule has 5 aromatic rings. The Balaban J connectivity index is 1.25. The molecule has 0 saturated carbocycles. The molecule has 0 radical (unpaired) electrons. The average molecular weight is 636 g/mol. The highest BCUT2D eigenvalue weighted by atomic mass is 15.2. The van der Waals surface area contributed by atoms with Crippen LogP contribution in [0.1, 0.15) is 57.2 Å². The first kappa shape index (κ1) is 30.8. The van der Waals surface area contributed by atoms with Crippen molar-refractivity contribution in [2.75, 3.05) is 4.90 Å². The standard InChI is InChI=1S/C47H43N2/c1-46(2)39-24-14-16-26-41(39)48(37-20-10-6-11-21-37)43(46)32-30-35-28-29-36(45(35)34-18-8-5-9-19-34)31-33-44-47(3,4)40-25-15-17-27-42(40)49(44)38-22-12-7-13-23-38/h5-27,30-33H,28-29H2,1-4H3/q+1. The van der Waals surface area contributed by atoms with Gasteiger partial charge < -0.3 is 4.90 Å². The molecular formula is C47H43N2+. The predicted octanol–water partition coefficient (Wildman–Crippen LogP) is 12.0. The van der Waals surface area contributed by atoms with Crippen LogP contribution in [0.15, 0.2) is 181 Å². The second kappa shape index (κ2) is 12.2. The summed E-state index contributed by atoms with van der Waals surface area (Å²) in [6.45, 7) is 9.42. The maximum Gasteiger partial charge on any atom is 0.215 e. The molecule has 3 aliphatic rings. The molecule has 2 heterocycles. The summed E-state index contributed by atoms with van der Waals surface area (Å²) >= 11 is 0. The zero-order valence-electron chi connectivity index (χ0n) is 28.9. The Morgan fingerprint density at radius 1 is 0.571 bits per heavy atom. The van der Waals surface area contributed by atoms with Crippen LogP contribution in [0.4, 0.5) is 22.7 Å². The Hall–Kier alpha value is -5.47. The average Bonchev–Trinajstić information content (AvgIpc) is 3.72. The lowest BCUT2D eigenvalue weighted by atomic mass is 9.81. The summed E-state index contributed by atoms with van der Waals surface area (Å²) in [5, 5.41) is 0. The molecule has 1 aliphatic carbocycles. The van der Waals surface area contributed by atoms with Gasteiger partial charge in [-0.2, -0.15) is 4.58 Å². The van der Waals surface area contributed by atoms with Gasteiger partial charge in [0.15, 0.2) is 5.71 Å². The number of benzene rings is 5. The van der Waals surface area contributed by atoms with Gasteiger partial charge in [-0.3, -0.25) is 0 Å². The van der Waals surface area contributed by atoms with Crippen molar-refractivity contribution in [3.8, 4) is 0 Å². The van der Waals surface area contributed by atoms with Crippen molar-refractivity contribution in [1.29, 1.82) is 0 Å². The number of anilines is 2. The third-order valence-electron chi connectivity index (χ3n) is 10.7. The highest BCUT2D eigenvalue weighted by Crippen LogP contribution is 2.51. The molecule has 8 rings (SSSR count). The molecule has 0 atom stereocenters. The van der Waals surface area contributed by atoms with Crippen LogP contribution in [0.2, 0.25) is 0 Å². The molecule has 0 aromatic heterocycles. The van der Waals surface area contributed by atoms with Crippen molar-refractivity contribution >= 4 is 34.0 Å². The molecular weight excluding hydrogens is 593 g/mol. The molecule has 0 N–H and O–H groups in total. The van der Waals surface area contributed by atoms with Crippen LogP contribution in [0, 0.1) is 0 Å². The minimum atomic E-state index is -0.137. The van der Waals surface area contributed by atoms with Crippen LogP contribution >= 0.6 is 0 Å². The summed E-state index contributed by atoms with van der Waals surface area (Å²) in [5.74, 6) is 0. The van der Waals surface area contributed by atoms with E-state index in [1.165, 1.54) is 67.6 Å². The lowest BCUT2D eigenvalue weighted by Crippen LogP contribution is -2.27. The third kappa shape index (κ3) is 5.23. The smallest absolute Gasteiger partial charge is 0.215 e. The number of fused-ring (bicyclic) bond motifs is 2. The Labute approximate surface area is 291 Å². The number of allylic oxidation sites excluding steroid dienone is 8. The second-order valence-corrected chi connectivity index (χ2v) is 14.4. The van der Waals surface area contributed by atoms with E-state index in [0.717, 1.165) is 12.8 Å². The maximum absolute atomic E-state index is 2.45.